The Morgan fingerprint density at radius 2 is 1.51 bits per heavy atom. The van der Waals surface area contributed by atoms with Crippen molar-refractivity contribution in [1.82, 2.24) is 9.55 Å². The van der Waals surface area contributed by atoms with Crippen LogP contribution in [0, 0.1) is 11.8 Å². The van der Waals surface area contributed by atoms with Gasteiger partial charge < -0.3 is 50.2 Å². The molecule has 75 heavy (non-hydrogen) atoms. The van der Waals surface area contributed by atoms with Gasteiger partial charge in [0.05, 0.1) is 37.4 Å². The number of Topliss-reactive ketones (excluding diaryl/α,β-unsaturated/α-hetero) is 1. The molecule has 0 aliphatic carbocycles. The summed E-state index contributed by atoms with van der Waals surface area (Å²) in [7, 11) is -11.3. The Bertz CT molecular complexity index is 2120. The van der Waals surface area contributed by atoms with Gasteiger partial charge >= 0.3 is 33.3 Å². The maximum atomic E-state index is 14.3. The van der Waals surface area contributed by atoms with E-state index in [1.165, 1.54) is 37.5 Å². The molecule has 0 aromatic carbocycles. The zero-order valence-electron chi connectivity index (χ0n) is 43.8. The number of rotatable bonds is 25. The van der Waals surface area contributed by atoms with Crippen LogP contribution in [0.4, 0.5) is 5.82 Å². The highest BCUT2D eigenvalue weighted by atomic mass is 31.3. The summed E-state index contributed by atoms with van der Waals surface area (Å²) >= 11 is 0. The average molecular weight is 1100 g/mol. The number of nitrogen functional groups attached to an aromatic ring is 1. The lowest BCUT2D eigenvalue weighted by atomic mass is 9.83. The number of anilines is 1. The topological polar surface area (TPSA) is 323 Å². The number of carbonyl (C=O) groups excluding carboxylic acids is 3. The molecule has 2 unspecified atom stereocenters. The number of esters is 2. The second-order valence-corrected chi connectivity index (χ2v) is 22.2. The van der Waals surface area contributed by atoms with E-state index in [0.29, 0.717) is 19.3 Å². The van der Waals surface area contributed by atoms with Crippen LogP contribution in [0.3, 0.4) is 0 Å². The van der Waals surface area contributed by atoms with Gasteiger partial charge in [-0.25, -0.2) is 13.9 Å². The zero-order valence-corrected chi connectivity index (χ0v) is 45.6. The number of nitrogens with zero attached hydrogens (tertiary/aromatic N) is 2. The van der Waals surface area contributed by atoms with Crippen molar-refractivity contribution in [3.05, 3.63) is 71.4 Å². The van der Waals surface area contributed by atoms with Gasteiger partial charge in [0.15, 0.2) is 6.10 Å². The minimum absolute atomic E-state index is 0.0652. The van der Waals surface area contributed by atoms with Gasteiger partial charge in [0.25, 0.3) is 0 Å². The number of aromatic nitrogens is 2. The fourth-order valence-corrected chi connectivity index (χ4v) is 10.6. The fraction of sp³-hybridized carbons (Fsp3) is 0.712. The number of aliphatic hydroxyl groups is 4. The van der Waals surface area contributed by atoms with Gasteiger partial charge in [-0.15, -0.1) is 0 Å². The molecule has 1 fully saturated rings. The number of hydrogen-bond acceptors (Lipinski definition) is 18. The largest absolute Gasteiger partial charge is 0.481 e. The van der Waals surface area contributed by atoms with Crippen molar-refractivity contribution in [3.8, 4) is 0 Å². The Kier molecular flexibility index (Phi) is 31.8. The first-order valence-corrected chi connectivity index (χ1v) is 29.7. The molecular weight excluding hydrogens is 1020 g/mol. The first-order chi connectivity index (χ1) is 35.9. The summed E-state index contributed by atoms with van der Waals surface area (Å²) in [6.07, 6.45) is 19.4. The lowest BCUT2D eigenvalue weighted by molar-refractivity contribution is -0.183. The van der Waals surface area contributed by atoms with Crippen molar-refractivity contribution >= 4 is 39.2 Å². The number of carbonyl (C=O) groups is 3. The molecule has 2 bridgehead atoms. The number of ketones is 1. The van der Waals surface area contributed by atoms with E-state index < -0.39 is 120 Å². The minimum Gasteiger partial charge on any atom is -0.462 e. The summed E-state index contributed by atoms with van der Waals surface area (Å²) in [5.41, 5.74) is 4.72. The van der Waals surface area contributed by atoms with Crippen LogP contribution in [0.15, 0.2) is 65.7 Å². The summed E-state index contributed by atoms with van der Waals surface area (Å²) in [6.45, 7) is 1.42. The van der Waals surface area contributed by atoms with Gasteiger partial charge in [0.1, 0.15) is 36.6 Å². The summed E-state index contributed by atoms with van der Waals surface area (Å²) in [6, 6.07) is 1.21. The van der Waals surface area contributed by atoms with Crippen LogP contribution < -0.4 is 11.4 Å². The Hall–Kier alpha value is -3.69. The van der Waals surface area contributed by atoms with Crippen molar-refractivity contribution < 1.29 is 81.3 Å². The maximum absolute atomic E-state index is 14.3. The summed E-state index contributed by atoms with van der Waals surface area (Å²) in [5.74, 6) is -5.14. The van der Waals surface area contributed by atoms with E-state index in [-0.39, 0.29) is 37.9 Å². The Balaban J connectivity index is 1.73. The van der Waals surface area contributed by atoms with E-state index in [2.05, 4.69) is 40.5 Å². The summed E-state index contributed by atoms with van der Waals surface area (Å²) < 4.78 is 58.8. The van der Waals surface area contributed by atoms with Gasteiger partial charge in [-0.1, -0.05) is 127 Å². The second kappa shape index (κ2) is 36.4. The van der Waals surface area contributed by atoms with Crippen molar-refractivity contribution in [1.29, 1.82) is 0 Å². The molecule has 2 aliphatic heterocycles. The molecule has 8 N–H and O–H groups in total. The third-order valence-electron chi connectivity index (χ3n) is 12.7. The maximum Gasteiger partial charge on any atom is 0.481 e. The molecule has 426 valence electrons. The molecule has 0 saturated carbocycles. The quantitative estimate of drug-likeness (QED) is 0.0211. The fourth-order valence-electron chi connectivity index (χ4n) is 8.45. The predicted octanol–water partition coefficient (Wildman–Crippen LogP) is 7.92. The van der Waals surface area contributed by atoms with Crippen molar-refractivity contribution in [2.24, 2.45) is 11.8 Å². The number of cyclic esters (lactones) is 1. The molecule has 3 rings (SSSR count). The van der Waals surface area contributed by atoms with Crippen LogP contribution in [0.5, 0.6) is 0 Å². The van der Waals surface area contributed by atoms with Gasteiger partial charge in [-0.05, 0) is 70.3 Å². The standard InChI is InChI=1S/C52H85N3O18P2/c1-3-5-7-8-9-10-11-12-13-14-15-16-17-18-19-20-25-29-47(59)68-36-40-37-69-74(64,65)73-75(66,67)70-38-45-50(62)49(61)41(32-31-39(56)27-23-6-4-2)43(57)35-44(58)42(28-24-21-22-26-30-48(60)71-40)51(72-45)55-34-33-46(53)54-52(55)63/h9-10,12-13,21,24,31-34,39-43,45,49-51,56-57,61-62H,3-8,11,14-20,22-23,25-30,35-38H2,1-2H3,(H,64,65)(H,66,67)(H2,53,54,63)/b10-9-,13-12-,24-21?,32-31?/t39-,40+,41-,42-,43+,45+,49-,50+,51+/m0/s1. The highest BCUT2D eigenvalue weighted by molar-refractivity contribution is 7.61. The molecule has 1 aromatic heterocycles. The zero-order chi connectivity index (χ0) is 55.1. The third-order valence-corrected chi connectivity index (χ3v) is 15.3. The first-order valence-electron chi connectivity index (χ1n) is 26.8. The highest BCUT2D eigenvalue weighted by Crippen LogP contribution is 2.60. The lowest BCUT2D eigenvalue weighted by Crippen LogP contribution is -2.51. The molecular formula is C52H85N3O18P2. The Morgan fingerprint density at radius 3 is 2.19 bits per heavy atom. The lowest BCUT2D eigenvalue weighted by Gasteiger charge is -2.38. The molecule has 0 radical (unpaired) electrons. The van der Waals surface area contributed by atoms with E-state index in [4.69, 9.17) is 29.0 Å². The molecule has 1 saturated heterocycles. The molecule has 1 aromatic rings. The number of allylic oxidation sites excluding steroid dienone is 6. The van der Waals surface area contributed by atoms with Gasteiger partial charge in [-0.3, -0.25) is 28.0 Å². The van der Waals surface area contributed by atoms with Crippen molar-refractivity contribution in [2.45, 2.75) is 204 Å². The molecule has 2 aliphatic rings. The Labute approximate surface area is 441 Å². The molecule has 23 heteroatoms. The highest BCUT2D eigenvalue weighted by Gasteiger charge is 2.45. The smallest absolute Gasteiger partial charge is 0.462 e. The van der Waals surface area contributed by atoms with E-state index in [9.17, 15) is 58.5 Å². The molecule has 0 spiro atoms. The van der Waals surface area contributed by atoms with Crippen molar-refractivity contribution in [3.63, 3.8) is 0 Å². The average Bonchev–Trinajstić information content (AvgIpc) is 3.35. The van der Waals surface area contributed by atoms with Crippen LogP contribution in [-0.4, -0.2) is 114 Å². The predicted molar refractivity (Wildman–Crippen MR) is 280 cm³/mol. The normalized spacial score (nSPS) is 28.7. The minimum atomic E-state index is -5.72. The van der Waals surface area contributed by atoms with Crippen LogP contribution >= 0.6 is 15.6 Å². The number of fused-ring (bicyclic) bond motifs is 3. The summed E-state index contributed by atoms with van der Waals surface area (Å²) in [4.78, 5) is 78.3. The van der Waals surface area contributed by atoms with E-state index in [1.807, 2.05) is 6.92 Å². The second-order valence-electron chi connectivity index (χ2n) is 19.2. The first kappa shape index (κ1) is 65.6. The number of hydrogen-bond donors (Lipinski definition) is 7. The number of nitrogens with two attached hydrogens (primary N) is 1. The van der Waals surface area contributed by atoms with Crippen LogP contribution in [0.2, 0.25) is 0 Å². The van der Waals surface area contributed by atoms with Crippen LogP contribution in [0.1, 0.15) is 168 Å². The van der Waals surface area contributed by atoms with Gasteiger partial charge in [0.2, 0.25) is 0 Å². The van der Waals surface area contributed by atoms with Crippen LogP contribution in [-0.2, 0) is 51.1 Å². The monoisotopic (exact) mass is 1100 g/mol. The van der Waals surface area contributed by atoms with E-state index >= 15 is 0 Å². The SMILES string of the molecule is CCCCC/C=C\C/C=C\CCCCCCCCCC(=O)OC[C@@H]1COP(=O)(O)OP(=O)(O)OC[C@H]2O[C@@H](n3ccc(N)nc3=O)[C@@H](CC=CCCCC(=O)O1)C(=O)C[C@@H](O)[C@H](C=C[C@@H](O)CCCCC)[C@H](O)[C@@H]2O. The van der Waals surface area contributed by atoms with E-state index in [0.717, 1.165) is 81.4 Å². The number of aliphatic hydroxyl groups excluding tert-OH is 4. The molecule has 3 heterocycles. The van der Waals surface area contributed by atoms with E-state index in [1.54, 1.807) is 12.2 Å². The van der Waals surface area contributed by atoms with Crippen molar-refractivity contribution in [2.75, 3.05) is 25.6 Å². The number of phosphoric acid groups is 2. The molecule has 11 atom stereocenters. The third kappa shape index (κ3) is 27.0. The molecule has 21 nitrogen and oxygen atoms in total. The number of ether oxygens (including phenoxy) is 3. The molecule has 0 amide bonds. The van der Waals surface area contributed by atoms with Crippen LogP contribution in [0.25, 0.3) is 0 Å². The number of phosphoric ester groups is 2. The van der Waals surface area contributed by atoms with Gasteiger partial charge in [0, 0.05) is 31.4 Å². The van der Waals surface area contributed by atoms with Gasteiger partial charge in [-0.2, -0.15) is 9.29 Å². The number of unbranched alkanes of at least 4 members (excludes halogenated alkanes) is 12. The Morgan fingerprint density at radius 1 is 0.867 bits per heavy atom. The summed E-state index contributed by atoms with van der Waals surface area (Å²) in [5, 5.41) is 45.5.